The molecule has 30 heavy (non-hydrogen) atoms. The molecule has 0 saturated heterocycles. The average Bonchev–Trinajstić information content (AvgIpc) is 2.72. The van der Waals surface area contributed by atoms with Gasteiger partial charge in [0.25, 0.3) is 5.69 Å². The fourth-order valence-corrected chi connectivity index (χ4v) is 4.54. The third-order valence-electron chi connectivity index (χ3n) is 4.75. The van der Waals surface area contributed by atoms with Gasteiger partial charge < -0.3 is 5.32 Å². The molecule has 150 valence electrons. The molecule has 0 aromatic heterocycles. The Balaban J connectivity index is 1.96. The first-order valence-corrected chi connectivity index (χ1v) is 10.2. The molecule has 1 N–H and O–H groups in total. The van der Waals surface area contributed by atoms with Crippen LogP contribution in [0.4, 0.5) is 11.4 Å². The van der Waals surface area contributed by atoms with E-state index >= 15 is 0 Å². The molecule has 1 aliphatic carbocycles. The number of hydrogen-bond donors (Lipinski definition) is 1. The lowest BCUT2D eigenvalue weighted by Gasteiger charge is -2.24. The molecule has 0 spiro atoms. The van der Waals surface area contributed by atoms with Gasteiger partial charge in [-0.3, -0.25) is 19.7 Å². The van der Waals surface area contributed by atoms with Crippen molar-refractivity contribution < 1.29 is 14.5 Å². The van der Waals surface area contributed by atoms with Crippen LogP contribution in [0.1, 0.15) is 45.7 Å². The number of anilines is 1. The van der Waals surface area contributed by atoms with Gasteiger partial charge in [-0.25, -0.2) is 0 Å². The second-order valence-electron chi connectivity index (χ2n) is 7.19. The Morgan fingerprint density at radius 2 is 1.60 bits per heavy atom. The van der Waals surface area contributed by atoms with Crippen molar-refractivity contribution in [2.75, 3.05) is 5.32 Å². The Morgan fingerprint density at radius 1 is 0.867 bits per heavy atom. The van der Waals surface area contributed by atoms with Crippen molar-refractivity contribution in [2.24, 2.45) is 0 Å². The van der Waals surface area contributed by atoms with Crippen LogP contribution in [0.25, 0.3) is 0 Å². The fourth-order valence-electron chi connectivity index (χ4n) is 3.56. The molecule has 7 heteroatoms. The quantitative estimate of drug-likeness (QED) is 0.347. The van der Waals surface area contributed by atoms with E-state index in [1.807, 2.05) is 50.2 Å². The van der Waals surface area contributed by atoms with Gasteiger partial charge in [-0.2, -0.15) is 0 Å². The second-order valence-corrected chi connectivity index (χ2v) is 8.31. The van der Waals surface area contributed by atoms with Crippen LogP contribution >= 0.6 is 11.8 Å². The predicted octanol–water partition coefficient (Wildman–Crippen LogP) is 5.34. The van der Waals surface area contributed by atoms with Crippen LogP contribution in [-0.2, 0) is 0 Å². The minimum absolute atomic E-state index is 0.0109. The van der Waals surface area contributed by atoms with Crippen molar-refractivity contribution in [3.63, 3.8) is 0 Å². The Morgan fingerprint density at radius 3 is 2.27 bits per heavy atom. The first-order chi connectivity index (χ1) is 14.4. The molecule has 0 amide bonds. The zero-order valence-corrected chi connectivity index (χ0v) is 17.2. The fraction of sp³-hybridized carbons (Fsp3) is 0.130. The number of carbonyl (C=O) groups excluding carboxylic acids is 2. The highest BCUT2D eigenvalue weighted by molar-refractivity contribution is 7.99. The smallest absolute Gasteiger partial charge is 0.281 e. The Kier molecular flexibility index (Phi) is 5.13. The maximum Gasteiger partial charge on any atom is 0.281 e. The van der Waals surface area contributed by atoms with Crippen LogP contribution in [0, 0.1) is 10.1 Å². The molecule has 1 aliphatic rings. The van der Waals surface area contributed by atoms with Crippen LogP contribution in [0.5, 0.6) is 0 Å². The van der Waals surface area contributed by atoms with Crippen molar-refractivity contribution in [3.8, 4) is 0 Å². The number of nitro benzene ring substituents is 1. The molecule has 0 heterocycles. The van der Waals surface area contributed by atoms with Gasteiger partial charge in [-0.1, -0.05) is 36.0 Å². The lowest BCUT2D eigenvalue weighted by Crippen LogP contribution is -2.25. The van der Waals surface area contributed by atoms with Gasteiger partial charge in [0.2, 0.25) is 5.78 Å². The third-order valence-corrected chi connectivity index (χ3v) is 5.82. The van der Waals surface area contributed by atoms with Crippen molar-refractivity contribution in [2.45, 2.75) is 29.7 Å². The Labute approximate surface area is 177 Å². The molecular formula is C23H18N2O4S. The summed E-state index contributed by atoms with van der Waals surface area (Å²) in [5.74, 6) is -0.889. The molecule has 0 bridgehead atoms. The summed E-state index contributed by atoms with van der Waals surface area (Å²) in [7, 11) is 0. The summed E-state index contributed by atoms with van der Waals surface area (Å²) in [6, 6.07) is 17.3. The van der Waals surface area contributed by atoms with Gasteiger partial charge in [0.15, 0.2) is 5.78 Å². The number of benzene rings is 3. The van der Waals surface area contributed by atoms with Crippen LogP contribution in [0.3, 0.4) is 0 Å². The van der Waals surface area contributed by atoms with E-state index in [-0.39, 0.29) is 39.8 Å². The molecule has 0 fully saturated rings. The average molecular weight is 418 g/mol. The van der Waals surface area contributed by atoms with E-state index in [0.29, 0.717) is 10.6 Å². The highest BCUT2D eigenvalue weighted by Crippen LogP contribution is 2.42. The second kappa shape index (κ2) is 7.76. The zero-order chi connectivity index (χ0) is 21.4. The van der Waals surface area contributed by atoms with Gasteiger partial charge >= 0.3 is 0 Å². The number of hydrogen-bond acceptors (Lipinski definition) is 6. The van der Waals surface area contributed by atoms with E-state index in [9.17, 15) is 19.7 Å². The first-order valence-electron chi connectivity index (χ1n) is 9.41. The van der Waals surface area contributed by atoms with E-state index in [2.05, 4.69) is 5.32 Å². The highest BCUT2D eigenvalue weighted by atomic mass is 32.2. The molecule has 6 nitrogen and oxygen atoms in total. The highest BCUT2D eigenvalue weighted by Gasteiger charge is 2.38. The Hall–Kier alpha value is -3.45. The molecule has 3 aromatic carbocycles. The van der Waals surface area contributed by atoms with Crippen molar-refractivity contribution in [1.82, 2.24) is 0 Å². The molecule has 0 radical (unpaired) electrons. The van der Waals surface area contributed by atoms with Gasteiger partial charge in [0.1, 0.15) is 5.56 Å². The topological polar surface area (TPSA) is 89.3 Å². The summed E-state index contributed by atoms with van der Waals surface area (Å²) in [5, 5.41) is 14.7. The number of carbonyl (C=O) groups is 2. The van der Waals surface area contributed by atoms with E-state index in [1.165, 1.54) is 30.0 Å². The molecule has 0 unspecified atom stereocenters. The molecule has 0 saturated carbocycles. The summed E-state index contributed by atoms with van der Waals surface area (Å²) in [6.45, 7) is 3.84. The minimum atomic E-state index is -0.618. The van der Waals surface area contributed by atoms with Gasteiger partial charge in [0, 0.05) is 38.7 Å². The Bertz CT molecular complexity index is 1190. The SMILES string of the molecule is CC(C)Nc1ccc(Sc2ccccc2)c2c1C(=O)c1c(cccc1[N+](=O)[O-])C2=O. The van der Waals surface area contributed by atoms with Crippen LogP contribution in [-0.4, -0.2) is 22.5 Å². The lowest BCUT2D eigenvalue weighted by atomic mass is 9.82. The monoisotopic (exact) mass is 418 g/mol. The van der Waals surface area contributed by atoms with Crippen molar-refractivity contribution in [3.05, 3.63) is 93.0 Å². The van der Waals surface area contributed by atoms with Crippen LogP contribution in [0.2, 0.25) is 0 Å². The van der Waals surface area contributed by atoms with Crippen molar-refractivity contribution >= 4 is 34.7 Å². The normalized spacial score (nSPS) is 12.5. The number of rotatable bonds is 5. The van der Waals surface area contributed by atoms with Crippen LogP contribution in [0.15, 0.2) is 70.5 Å². The summed E-state index contributed by atoms with van der Waals surface area (Å²) in [5.41, 5.74) is 0.545. The van der Waals surface area contributed by atoms with Crippen molar-refractivity contribution in [1.29, 1.82) is 0 Å². The van der Waals surface area contributed by atoms with Crippen LogP contribution < -0.4 is 5.32 Å². The predicted molar refractivity (Wildman–Crippen MR) is 116 cm³/mol. The molecule has 3 aromatic rings. The summed E-state index contributed by atoms with van der Waals surface area (Å²) in [4.78, 5) is 39.4. The first kappa shape index (κ1) is 19.8. The molecule has 4 rings (SSSR count). The van der Waals surface area contributed by atoms with E-state index < -0.39 is 10.7 Å². The largest absolute Gasteiger partial charge is 0.382 e. The number of nitro groups is 1. The standard InChI is InChI=1S/C23H18N2O4S/c1-13(2)24-16-11-12-18(30-14-7-4-3-5-8-14)21-20(16)23(27)19-15(22(21)26)9-6-10-17(19)25(28)29/h3-13,24H,1-2H3. The maximum atomic E-state index is 13.5. The molecular weight excluding hydrogens is 400 g/mol. The van der Waals surface area contributed by atoms with E-state index in [0.717, 1.165) is 4.90 Å². The van der Waals surface area contributed by atoms with Gasteiger partial charge in [0.05, 0.1) is 10.5 Å². The summed E-state index contributed by atoms with van der Waals surface area (Å²) >= 11 is 1.39. The van der Waals surface area contributed by atoms with Gasteiger partial charge in [-0.05, 0) is 44.2 Å². The number of nitrogens with zero attached hydrogens (tertiary/aromatic N) is 1. The number of fused-ring (bicyclic) bond motifs is 2. The summed E-state index contributed by atoms with van der Waals surface area (Å²) < 4.78 is 0. The number of nitrogens with one attached hydrogen (secondary N) is 1. The van der Waals surface area contributed by atoms with E-state index in [1.54, 1.807) is 6.07 Å². The number of ketones is 2. The van der Waals surface area contributed by atoms with E-state index in [4.69, 9.17) is 0 Å². The maximum absolute atomic E-state index is 13.5. The third kappa shape index (κ3) is 3.37. The molecule has 0 atom stereocenters. The van der Waals surface area contributed by atoms with Gasteiger partial charge in [-0.15, -0.1) is 0 Å². The summed E-state index contributed by atoms with van der Waals surface area (Å²) in [6.07, 6.45) is 0. The minimum Gasteiger partial charge on any atom is -0.382 e. The molecule has 0 aliphatic heterocycles. The zero-order valence-electron chi connectivity index (χ0n) is 16.3. The lowest BCUT2D eigenvalue weighted by molar-refractivity contribution is -0.385.